The molecule has 1 aromatic rings. The van der Waals surface area contributed by atoms with Gasteiger partial charge in [-0.25, -0.2) is 4.98 Å². The molecule has 2 heterocycles. The van der Waals surface area contributed by atoms with Gasteiger partial charge < -0.3 is 16.0 Å². The van der Waals surface area contributed by atoms with Crippen molar-refractivity contribution in [3.8, 4) is 0 Å². The summed E-state index contributed by atoms with van der Waals surface area (Å²) in [6.07, 6.45) is 3.79. The highest BCUT2D eigenvalue weighted by Gasteiger charge is 2.24. The van der Waals surface area contributed by atoms with Crippen LogP contribution in [0.4, 0.5) is 5.82 Å². The van der Waals surface area contributed by atoms with E-state index in [0.717, 1.165) is 31.7 Å². The molecule has 20 heavy (non-hydrogen) atoms. The lowest BCUT2D eigenvalue weighted by Gasteiger charge is -2.32. The Hall–Kier alpha value is -1.62. The lowest BCUT2D eigenvalue weighted by molar-refractivity contribution is -0.122. The van der Waals surface area contributed by atoms with Crippen molar-refractivity contribution in [3.05, 3.63) is 23.9 Å². The summed E-state index contributed by atoms with van der Waals surface area (Å²) in [4.78, 5) is 18.0. The van der Waals surface area contributed by atoms with Gasteiger partial charge in [0.1, 0.15) is 5.82 Å². The van der Waals surface area contributed by atoms with Crippen LogP contribution in [-0.2, 0) is 4.79 Å². The van der Waals surface area contributed by atoms with Gasteiger partial charge in [0.2, 0.25) is 5.91 Å². The minimum absolute atomic E-state index is 0.0501. The topological polar surface area (TPSA) is 71.2 Å². The van der Waals surface area contributed by atoms with Crippen LogP contribution in [0.15, 0.2) is 18.3 Å². The van der Waals surface area contributed by atoms with Gasteiger partial charge in [-0.15, -0.1) is 0 Å². The van der Waals surface area contributed by atoms with Gasteiger partial charge in [0.25, 0.3) is 0 Å². The molecule has 110 valence electrons. The fourth-order valence-electron chi connectivity index (χ4n) is 2.68. The largest absolute Gasteiger partial charge is 0.369 e. The summed E-state index contributed by atoms with van der Waals surface area (Å²) in [6.45, 7) is 6.79. The zero-order chi connectivity index (χ0) is 14.5. The summed E-state index contributed by atoms with van der Waals surface area (Å²) in [7, 11) is 0. The number of pyridine rings is 1. The molecule has 1 fully saturated rings. The first-order valence-corrected chi connectivity index (χ1v) is 7.35. The maximum absolute atomic E-state index is 11.3. The molecule has 1 aliphatic rings. The number of amides is 1. The fourth-order valence-corrected chi connectivity index (χ4v) is 2.68. The SMILES string of the molecule is CCNC(C)c1ccc(N2CCCC(C(N)=O)C2)nc1. The highest BCUT2D eigenvalue weighted by molar-refractivity contribution is 5.77. The van der Waals surface area contributed by atoms with E-state index in [4.69, 9.17) is 5.73 Å². The molecular weight excluding hydrogens is 252 g/mol. The van der Waals surface area contributed by atoms with Crippen molar-refractivity contribution < 1.29 is 4.79 Å². The molecule has 2 atom stereocenters. The first kappa shape index (κ1) is 14.8. The highest BCUT2D eigenvalue weighted by atomic mass is 16.1. The number of carbonyl (C=O) groups excluding carboxylic acids is 1. The molecule has 1 amide bonds. The van der Waals surface area contributed by atoms with E-state index in [0.29, 0.717) is 12.6 Å². The van der Waals surface area contributed by atoms with Crippen LogP contribution in [0.25, 0.3) is 0 Å². The molecule has 3 N–H and O–H groups in total. The van der Waals surface area contributed by atoms with E-state index in [-0.39, 0.29) is 11.8 Å². The molecule has 5 heteroatoms. The zero-order valence-corrected chi connectivity index (χ0v) is 12.3. The number of nitrogens with one attached hydrogen (secondary N) is 1. The Morgan fingerprint density at radius 1 is 1.60 bits per heavy atom. The number of aromatic nitrogens is 1. The number of piperidine rings is 1. The molecule has 1 aliphatic heterocycles. The Kier molecular flexibility index (Phi) is 4.95. The van der Waals surface area contributed by atoms with Gasteiger partial charge >= 0.3 is 0 Å². The van der Waals surface area contributed by atoms with Crippen LogP contribution in [-0.4, -0.2) is 30.5 Å². The molecule has 0 radical (unpaired) electrons. The van der Waals surface area contributed by atoms with Gasteiger partial charge in [-0.1, -0.05) is 13.0 Å². The molecule has 0 bridgehead atoms. The van der Waals surface area contributed by atoms with Crippen LogP contribution < -0.4 is 16.0 Å². The van der Waals surface area contributed by atoms with Gasteiger partial charge in [-0.05, 0) is 37.9 Å². The van der Waals surface area contributed by atoms with Crippen LogP contribution in [0.1, 0.15) is 38.3 Å². The van der Waals surface area contributed by atoms with Crippen LogP contribution in [0.2, 0.25) is 0 Å². The third kappa shape index (κ3) is 3.48. The molecule has 0 aromatic carbocycles. The first-order valence-electron chi connectivity index (χ1n) is 7.35. The lowest BCUT2D eigenvalue weighted by atomic mass is 9.97. The van der Waals surface area contributed by atoms with Crippen molar-refractivity contribution in [1.82, 2.24) is 10.3 Å². The lowest BCUT2D eigenvalue weighted by Crippen LogP contribution is -2.41. The summed E-state index contributed by atoms with van der Waals surface area (Å²) in [5.74, 6) is 0.682. The predicted octanol–water partition coefficient (Wildman–Crippen LogP) is 1.45. The maximum Gasteiger partial charge on any atom is 0.222 e. The standard InChI is InChI=1S/C15H24N4O/c1-3-17-11(2)12-6-7-14(18-9-12)19-8-4-5-13(10-19)15(16)20/h6-7,9,11,13,17H,3-5,8,10H2,1-2H3,(H2,16,20). The molecule has 2 unspecified atom stereocenters. The van der Waals surface area contributed by atoms with E-state index in [1.165, 1.54) is 5.56 Å². The molecule has 0 aliphatic carbocycles. The second-order valence-electron chi connectivity index (χ2n) is 5.42. The summed E-state index contributed by atoms with van der Waals surface area (Å²) in [5.41, 5.74) is 6.59. The number of nitrogens with two attached hydrogens (primary N) is 1. The smallest absolute Gasteiger partial charge is 0.222 e. The fraction of sp³-hybridized carbons (Fsp3) is 0.600. The Morgan fingerprint density at radius 3 is 3.00 bits per heavy atom. The number of nitrogens with zero attached hydrogens (tertiary/aromatic N) is 2. The second-order valence-corrected chi connectivity index (χ2v) is 5.42. The third-order valence-corrected chi connectivity index (χ3v) is 3.93. The van der Waals surface area contributed by atoms with Crippen LogP contribution >= 0.6 is 0 Å². The number of rotatable bonds is 5. The van der Waals surface area contributed by atoms with Crippen molar-refractivity contribution in [2.45, 2.75) is 32.7 Å². The Bertz CT molecular complexity index is 446. The number of anilines is 1. The molecule has 1 saturated heterocycles. The van der Waals surface area contributed by atoms with Crippen LogP contribution in [0.5, 0.6) is 0 Å². The Morgan fingerprint density at radius 2 is 2.40 bits per heavy atom. The minimum atomic E-state index is -0.202. The average molecular weight is 276 g/mol. The number of primary amides is 1. The van der Waals surface area contributed by atoms with E-state index < -0.39 is 0 Å². The number of hydrogen-bond donors (Lipinski definition) is 2. The van der Waals surface area contributed by atoms with E-state index in [9.17, 15) is 4.79 Å². The summed E-state index contributed by atoms with van der Waals surface area (Å²) >= 11 is 0. The predicted molar refractivity (Wildman–Crippen MR) is 80.5 cm³/mol. The van der Waals surface area contributed by atoms with Crippen molar-refractivity contribution in [3.63, 3.8) is 0 Å². The second kappa shape index (κ2) is 6.70. The Labute approximate surface area is 120 Å². The molecule has 0 spiro atoms. The van der Waals surface area contributed by atoms with Gasteiger partial charge in [0.15, 0.2) is 0 Å². The van der Waals surface area contributed by atoms with Crippen molar-refractivity contribution in [1.29, 1.82) is 0 Å². The molecule has 1 aromatic heterocycles. The van der Waals surface area contributed by atoms with Gasteiger partial charge in [0, 0.05) is 25.3 Å². The molecular formula is C15H24N4O. The third-order valence-electron chi connectivity index (χ3n) is 3.93. The summed E-state index contributed by atoms with van der Waals surface area (Å²) in [6, 6.07) is 4.44. The summed E-state index contributed by atoms with van der Waals surface area (Å²) in [5, 5.41) is 3.37. The Balaban J connectivity index is 2.04. The monoisotopic (exact) mass is 276 g/mol. The number of hydrogen-bond acceptors (Lipinski definition) is 4. The van der Waals surface area contributed by atoms with Gasteiger partial charge in [0.05, 0.1) is 5.92 Å². The maximum atomic E-state index is 11.3. The average Bonchev–Trinajstić information content (AvgIpc) is 2.48. The molecule has 2 rings (SSSR count). The first-order chi connectivity index (χ1) is 9.61. The van der Waals surface area contributed by atoms with E-state index in [2.05, 4.69) is 35.1 Å². The van der Waals surface area contributed by atoms with E-state index in [1.807, 2.05) is 12.3 Å². The van der Waals surface area contributed by atoms with Crippen molar-refractivity contribution in [2.24, 2.45) is 11.7 Å². The normalized spacial score (nSPS) is 20.7. The van der Waals surface area contributed by atoms with Crippen LogP contribution in [0, 0.1) is 5.92 Å². The van der Waals surface area contributed by atoms with Crippen LogP contribution in [0.3, 0.4) is 0 Å². The van der Waals surface area contributed by atoms with Gasteiger partial charge in [-0.2, -0.15) is 0 Å². The zero-order valence-electron chi connectivity index (χ0n) is 12.3. The minimum Gasteiger partial charge on any atom is -0.369 e. The molecule has 0 saturated carbocycles. The van der Waals surface area contributed by atoms with Gasteiger partial charge in [-0.3, -0.25) is 4.79 Å². The quantitative estimate of drug-likeness (QED) is 0.854. The van der Waals surface area contributed by atoms with Crippen molar-refractivity contribution in [2.75, 3.05) is 24.5 Å². The molecule has 5 nitrogen and oxygen atoms in total. The summed E-state index contributed by atoms with van der Waals surface area (Å²) < 4.78 is 0. The van der Waals surface area contributed by atoms with Crippen molar-refractivity contribution >= 4 is 11.7 Å². The highest BCUT2D eigenvalue weighted by Crippen LogP contribution is 2.22. The number of carbonyl (C=O) groups is 1. The van der Waals surface area contributed by atoms with E-state index >= 15 is 0 Å². The van der Waals surface area contributed by atoms with E-state index in [1.54, 1.807) is 0 Å².